The second-order valence-corrected chi connectivity index (χ2v) is 5.06. The summed E-state index contributed by atoms with van der Waals surface area (Å²) in [4.78, 5) is 0. The van der Waals surface area contributed by atoms with Crippen LogP contribution in [0.25, 0.3) is 0 Å². The molecule has 2 aliphatic carbocycles. The van der Waals surface area contributed by atoms with E-state index in [0.29, 0.717) is 0 Å². The van der Waals surface area contributed by atoms with Gasteiger partial charge in [-0.05, 0) is 64.2 Å². The topological polar surface area (TPSA) is 17.1 Å². The van der Waals surface area contributed by atoms with Gasteiger partial charge in [0.05, 0.1) is 5.25 Å². The van der Waals surface area contributed by atoms with Gasteiger partial charge in [-0.15, -0.1) is 0 Å². The SMILES string of the molecule is CCCC[S@@](=O)[C]1[CH][CH][CH][CH]1.[CH]1[CH][CH][CH][CH]1.[Fe]. The van der Waals surface area contributed by atoms with E-state index in [1.54, 1.807) is 0 Å². The molecule has 3 heteroatoms. The molecule has 17 heavy (non-hydrogen) atoms. The smallest absolute Gasteiger partial charge is 0.0704 e. The molecule has 1 atom stereocenters. The third-order valence-electron chi connectivity index (χ3n) is 2.13. The van der Waals surface area contributed by atoms with Crippen molar-refractivity contribution in [1.82, 2.24) is 0 Å². The Morgan fingerprint density at radius 1 is 0.941 bits per heavy atom. The summed E-state index contributed by atoms with van der Waals surface area (Å²) in [7, 11) is -0.752. The quantitative estimate of drug-likeness (QED) is 0.728. The number of rotatable bonds is 4. The molecule has 0 unspecified atom stereocenters. The van der Waals surface area contributed by atoms with Crippen LogP contribution in [0, 0.1) is 63.0 Å². The van der Waals surface area contributed by atoms with Crippen LogP contribution < -0.4 is 0 Å². The summed E-state index contributed by atoms with van der Waals surface area (Å²) >= 11 is 0. The number of hydrogen-bond donors (Lipinski definition) is 0. The molecule has 0 heterocycles. The molecule has 0 amide bonds. The third-order valence-corrected chi connectivity index (χ3v) is 3.59. The van der Waals surface area contributed by atoms with Gasteiger partial charge in [-0.2, -0.15) is 0 Å². The predicted octanol–water partition coefficient (Wildman–Crippen LogP) is 2.92. The first-order valence-electron chi connectivity index (χ1n) is 5.61. The molecule has 2 fully saturated rings. The van der Waals surface area contributed by atoms with Crippen molar-refractivity contribution in [3.05, 3.63) is 63.0 Å². The van der Waals surface area contributed by atoms with E-state index in [0.717, 1.165) is 23.8 Å². The molecular weight excluding hydrogens is 272 g/mol. The number of hydrogen-bond acceptors (Lipinski definition) is 1. The van der Waals surface area contributed by atoms with Crippen LogP contribution in [-0.4, -0.2) is 9.96 Å². The van der Waals surface area contributed by atoms with Crippen molar-refractivity contribution in [3.63, 3.8) is 0 Å². The second kappa shape index (κ2) is 11.7. The van der Waals surface area contributed by atoms with Crippen molar-refractivity contribution in [1.29, 1.82) is 0 Å². The Morgan fingerprint density at radius 3 is 1.82 bits per heavy atom. The van der Waals surface area contributed by atoms with Gasteiger partial charge in [0.1, 0.15) is 0 Å². The molecule has 2 rings (SSSR count). The average molecular weight is 290 g/mol. The van der Waals surface area contributed by atoms with Crippen molar-refractivity contribution in [2.45, 2.75) is 19.8 Å². The number of unbranched alkanes of at least 4 members (excludes halogenated alkanes) is 1. The van der Waals surface area contributed by atoms with Gasteiger partial charge in [-0.3, -0.25) is 4.21 Å². The van der Waals surface area contributed by atoms with Crippen LogP contribution in [0.5, 0.6) is 0 Å². The molecule has 0 saturated heterocycles. The molecule has 0 aromatic rings. The van der Waals surface area contributed by atoms with E-state index in [2.05, 4.69) is 6.92 Å². The maximum Gasteiger partial charge on any atom is 0.0704 e. The van der Waals surface area contributed by atoms with E-state index in [1.165, 1.54) is 0 Å². The first kappa shape index (κ1) is 17.7. The molecule has 10 radical (unpaired) electrons. The van der Waals surface area contributed by atoms with Gasteiger partial charge in [0, 0.05) is 33.6 Å². The molecule has 0 N–H and O–H groups in total. The first-order valence-corrected chi connectivity index (χ1v) is 6.93. The summed E-state index contributed by atoms with van der Waals surface area (Å²) in [5, 5.41) is 0.971. The van der Waals surface area contributed by atoms with Gasteiger partial charge in [0.2, 0.25) is 0 Å². The van der Waals surface area contributed by atoms with E-state index < -0.39 is 10.8 Å². The van der Waals surface area contributed by atoms with Gasteiger partial charge >= 0.3 is 0 Å². The molecular formula is C14H18FeOS. The maximum absolute atomic E-state index is 11.4. The van der Waals surface area contributed by atoms with Gasteiger partial charge in [-0.25, -0.2) is 0 Å². The van der Waals surface area contributed by atoms with Gasteiger partial charge in [-0.1, -0.05) is 13.3 Å². The van der Waals surface area contributed by atoms with Crippen molar-refractivity contribution >= 4 is 10.8 Å². The van der Waals surface area contributed by atoms with Crippen LogP contribution in [0.15, 0.2) is 0 Å². The Hall–Kier alpha value is 0.669. The molecule has 2 aliphatic rings. The Bertz CT molecular complexity index is 179. The van der Waals surface area contributed by atoms with Crippen molar-refractivity contribution in [3.8, 4) is 0 Å². The Morgan fingerprint density at radius 2 is 1.41 bits per heavy atom. The predicted molar refractivity (Wildman–Crippen MR) is 69.9 cm³/mol. The third kappa shape index (κ3) is 8.40. The molecule has 0 aromatic carbocycles. The van der Waals surface area contributed by atoms with Crippen molar-refractivity contribution in [2.24, 2.45) is 0 Å². The zero-order valence-corrected chi connectivity index (χ0v) is 11.9. The van der Waals surface area contributed by atoms with Gasteiger partial charge < -0.3 is 0 Å². The van der Waals surface area contributed by atoms with Crippen LogP contribution in [0.3, 0.4) is 0 Å². The molecule has 0 aromatic heterocycles. The fourth-order valence-electron chi connectivity index (χ4n) is 1.22. The molecule has 0 bridgehead atoms. The van der Waals surface area contributed by atoms with E-state index in [-0.39, 0.29) is 17.1 Å². The minimum atomic E-state index is -0.752. The van der Waals surface area contributed by atoms with Crippen LogP contribution >= 0.6 is 0 Å². The largest absolute Gasteiger partial charge is 0.259 e. The van der Waals surface area contributed by atoms with Gasteiger partial charge in [0.15, 0.2) is 0 Å². The molecule has 0 aliphatic heterocycles. The summed E-state index contributed by atoms with van der Waals surface area (Å²) < 4.78 is 11.4. The summed E-state index contributed by atoms with van der Waals surface area (Å²) in [5.74, 6) is 0.806. The Kier molecular flexibility index (Phi) is 12.2. The fraction of sp³-hybridized carbons (Fsp3) is 0.286. The minimum Gasteiger partial charge on any atom is -0.259 e. The zero-order valence-electron chi connectivity index (χ0n) is 9.99. The van der Waals surface area contributed by atoms with Crippen LogP contribution in [0.2, 0.25) is 0 Å². The fourth-order valence-corrected chi connectivity index (χ4v) is 2.47. The normalized spacial score (nSPS) is 21.5. The summed E-state index contributed by atoms with van der Waals surface area (Å²) in [5.41, 5.74) is 0. The average Bonchev–Trinajstić information content (AvgIpc) is 2.98. The second-order valence-electron chi connectivity index (χ2n) is 3.49. The monoisotopic (exact) mass is 290 g/mol. The van der Waals surface area contributed by atoms with E-state index in [1.807, 2.05) is 57.8 Å². The first-order chi connectivity index (χ1) is 7.84. The summed E-state index contributed by atoms with van der Waals surface area (Å²) in [6.07, 6.45) is 19.9. The maximum atomic E-state index is 11.4. The molecule has 94 valence electrons. The van der Waals surface area contributed by atoms with Crippen LogP contribution in [0.1, 0.15) is 19.8 Å². The molecule has 1 nitrogen and oxygen atoms in total. The van der Waals surface area contributed by atoms with Crippen LogP contribution in [0.4, 0.5) is 0 Å². The van der Waals surface area contributed by atoms with E-state index >= 15 is 0 Å². The zero-order chi connectivity index (χ0) is 11.6. The van der Waals surface area contributed by atoms with Gasteiger partial charge in [0.25, 0.3) is 0 Å². The molecule has 0 spiro atoms. The van der Waals surface area contributed by atoms with Crippen molar-refractivity contribution in [2.75, 3.05) is 5.75 Å². The molecule has 2 saturated carbocycles. The Labute approximate surface area is 120 Å². The van der Waals surface area contributed by atoms with E-state index in [9.17, 15) is 4.21 Å². The summed E-state index contributed by atoms with van der Waals surface area (Å²) in [6, 6.07) is 0. The van der Waals surface area contributed by atoms with Crippen molar-refractivity contribution < 1.29 is 21.3 Å². The van der Waals surface area contributed by atoms with Crippen LogP contribution in [-0.2, 0) is 27.9 Å². The minimum absolute atomic E-state index is 0. The van der Waals surface area contributed by atoms with E-state index in [4.69, 9.17) is 0 Å². The standard InChI is InChI=1S/C9H13OS.C5H5.Fe/c1-2-3-8-11(10)9-6-4-5-7-9;1-2-4-5-3-1;/h4-7H,2-3,8H2,1H3;1-5H;/t11-;;/m1../s1. The summed E-state index contributed by atoms with van der Waals surface area (Å²) in [6.45, 7) is 2.11. The Balaban J connectivity index is 0.000000360.